The summed E-state index contributed by atoms with van der Waals surface area (Å²) >= 11 is 0. The molecule has 0 saturated carbocycles. The largest absolute Gasteiger partial charge is 0.421 e. The molecule has 0 N–H and O–H groups in total. The second-order valence-corrected chi connectivity index (χ2v) is 8.93. The summed E-state index contributed by atoms with van der Waals surface area (Å²) in [5.41, 5.74) is 3.02. The van der Waals surface area contributed by atoms with Crippen LogP contribution in [-0.4, -0.2) is 12.1 Å². The molecule has 0 saturated heterocycles. The number of rotatable bonds is 3. The predicted molar refractivity (Wildman–Crippen MR) is 131 cm³/mol. The van der Waals surface area contributed by atoms with Crippen LogP contribution in [0.3, 0.4) is 0 Å². The van der Waals surface area contributed by atoms with E-state index in [1.165, 1.54) is 27.2 Å². The first-order valence-electron chi connectivity index (χ1n) is 10.5. The molecule has 1 aromatic heterocycles. The number of nitrogens with zero attached hydrogens (tertiary/aromatic N) is 1. The van der Waals surface area contributed by atoms with E-state index in [0.717, 1.165) is 21.9 Å². The molecule has 0 aliphatic carbocycles. The third-order valence-electron chi connectivity index (χ3n) is 5.84. The van der Waals surface area contributed by atoms with Crippen LogP contribution >= 0.6 is 8.67 Å². The van der Waals surface area contributed by atoms with E-state index in [1.807, 2.05) is 0 Å². The zero-order chi connectivity index (χ0) is 20.8. The molecule has 0 amide bonds. The maximum Gasteiger partial charge on any atom is 0.201 e. The van der Waals surface area contributed by atoms with Gasteiger partial charge in [-0.2, -0.15) is 0 Å². The molecule has 4 aromatic carbocycles. The normalized spacial score (nSPS) is 12.2. The monoisotopic (exact) mass is 415 g/mol. The zero-order valence-corrected chi connectivity index (χ0v) is 18.8. The van der Waals surface area contributed by atoms with Crippen LogP contribution in [0.1, 0.15) is 27.7 Å². The summed E-state index contributed by atoms with van der Waals surface area (Å²) in [5, 5.41) is 7.08. The van der Waals surface area contributed by atoms with Crippen molar-refractivity contribution in [1.82, 2.24) is 0 Å². The second-order valence-electron chi connectivity index (χ2n) is 8.35. The lowest BCUT2D eigenvalue weighted by atomic mass is 9.97. The third-order valence-corrected chi connectivity index (χ3v) is 6.44. The minimum absolute atomic E-state index is 0.0548. The van der Waals surface area contributed by atoms with E-state index < -0.39 is 0 Å². The summed E-state index contributed by atoms with van der Waals surface area (Å²) in [7, 11) is -0.0548. The molecule has 30 heavy (non-hydrogen) atoms. The number of hydrogen-bond donors (Lipinski definition) is 0. The van der Waals surface area contributed by atoms with Crippen molar-refractivity contribution in [3.05, 3.63) is 66.7 Å². The lowest BCUT2D eigenvalue weighted by Gasteiger charge is -2.34. The minimum atomic E-state index is -0.0548. The molecule has 1 unspecified atom stereocenters. The van der Waals surface area contributed by atoms with Gasteiger partial charge in [0.15, 0.2) is 0 Å². The summed E-state index contributed by atoms with van der Waals surface area (Å²) in [6, 6.07) is 24.4. The molecule has 152 valence electrons. The number of anilines is 1. The molecule has 1 atom stereocenters. The Labute approximate surface area is 177 Å². The highest BCUT2D eigenvalue weighted by Crippen LogP contribution is 2.40. The molecular formula is C26H26NO2P. The molecule has 4 heteroatoms. The van der Waals surface area contributed by atoms with E-state index >= 15 is 0 Å². The van der Waals surface area contributed by atoms with E-state index in [9.17, 15) is 0 Å². The van der Waals surface area contributed by atoms with Crippen molar-refractivity contribution in [3.63, 3.8) is 0 Å². The molecular weight excluding hydrogens is 389 g/mol. The van der Waals surface area contributed by atoms with Crippen LogP contribution in [0.5, 0.6) is 0 Å². The fourth-order valence-corrected chi connectivity index (χ4v) is 5.31. The van der Waals surface area contributed by atoms with Crippen LogP contribution < -0.4 is 4.90 Å². The van der Waals surface area contributed by atoms with E-state index in [2.05, 4.69) is 99.3 Å². The molecule has 3 nitrogen and oxygen atoms in total. The first-order valence-corrected chi connectivity index (χ1v) is 11.3. The number of hydrogen-bond acceptors (Lipinski definition) is 3. The van der Waals surface area contributed by atoms with Crippen LogP contribution in [0.25, 0.3) is 43.5 Å². The molecule has 0 radical (unpaired) electrons. The maximum absolute atomic E-state index is 6.08. The summed E-state index contributed by atoms with van der Waals surface area (Å²) in [4.78, 5) is 2.48. The van der Waals surface area contributed by atoms with Crippen molar-refractivity contribution in [2.24, 2.45) is 0 Å². The summed E-state index contributed by atoms with van der Waals surface area (Å²) in [6.07, 6.45) is 0. The van der Waals surface area contributed by atoms with Gasteiger partial charge in [0.2, 0.25) is 8.67 Å². The fourth-order valence-electron chi connectivity index (χ4n) is 4.75. The van der Waals surface area contributed by atoms with Crippen molar-refractivity contribution in [2.45, 2.75) is 39.8 Å². The van der Waals surface area contributed by atoms with Crippen molar-refractivity contribution < 1.29 is 8.39 Å². The Morgan fingerprint density at radius 1 is 0.633 bits per heavy atom. The first-order chi connectivity index (χ1) is 14.6. The lowest BCUT2D eigenvalue weighted by molar-refractivity contribution is 0.610. The molecule has 0 fully saturated rings. The maximum atomic E-state index is 6.08. The van der Waals surface area contributed by atoms with E-state index in [1.54, 1.807) is 0 Å². The fraction of sp³-hybridized carbons (Fsp3) is 0.231. The van der Waals surface area contributed by atoms with Gasteiger partial charge >= 0.3 is 0 Å². The van der Waals surface area contributed by atoms with Gasteiger partial charge in [-0.15, -0.1) is 0 Å². The average Bonchev–Trinajstić information content (AvgIpc) is 2.93. The van der Waals surface area contributed by atoms with Gasteiger partial charge in [0.05, 0.1) is 0 Å². The molecule has 1 heterocycles. The Hall–Kier alpha value is -2.90. The Bertz CT molecular complexity index is 1410. The van der Waals surface area contributed by atoms with Crippen molar-refractivity contribution in [3.8, 4) is 0 Å². The molecule has 5 aromatic rings. The molecule has 5 rings (SSSR count). The Morgan fingerprint density at radius 2 is 1.27 bits per heavy atom. The van der Waals surface area contributed by atoms with Crippen LogP contribution in [0.4, 0.5) is 5.69 Å². The van der Waals surface area contributed by atoms with Gasteiger partial charge in [0.25, 0.3) is 0 Å². The van der Waals surface area contributed by atoms with Crippen molar-refractivity contribution in [2.75, 3.05) is 4.90 Å². The standard InChI is InChI=1S/C26H26NO2P/c1-16(2)27(17(3)4)22-11-7-10-21-20(22)13-15-24-26(21)25-19-9-6-5-8-18(19)12-14-23(25)28-30-29-24/h5-17,30H,1-4H3. The van der Waals surface area contributed by atoms with Gasteiger partial charge in [0.1, 0.15) is 11.2 Å². The molecule has 0 aliphatic heterocycles. The topological polar surface area (TPSA) is 29.5 Å². The first kappa shape index (κ1) is 19.1. The van der Waals surface area contributed by atoms with Crippen LogP contribution in [0.15, 0.2) is 75.1 Å². The van der Waals surface area contributed by atoms with Gasteiger partial charge in [-0.1, -0.05) is 42.5 Å². The number of benzene rings is 4. The van der Waals surface area contributed by atoms with Crippen LogP contribution in [0, 0.1) is 0 Å². The van der Waals surface area contributed by atoms with Gasteiger partial charge in [-0.05, 0) is 68.1 Å². The van der Waals surface area contributed by atoms with Gasteiger partial charge < -0.3 is 13.3 Å². The highest BCUT2D eigenvalue weighted by molar-refractivity contribution is 7.15. The minimum Gasteiger partial charge on any atom is -0.421 e. The smallest absolute Gasteiger partial charge is 0.201 e. The van der Waals surface area contributed by atoms with Crippen LogP contribution in [-0.2, 0) is 0 Å². The summed E-state index contributed by atoms with van der Waals surface area (Å²) in [6.45, 7) is 9.01. The number of fused-ring (bicyclic) bond motifs is 7. The Morgan fingerprint density at radius 3 is 2.00 bits per heavy atom. The van der Waals surface area contributed by atoms with E-state index in [-0.39, 0.29) is 8.67 Å². The highest BCUT2D eigenvalue weighted by Gasteiger charge is 2.18. The van der Waals surface area contributed by atoms with Gasteiger partial charge in [-0.3, -0.25) is 0 Å². The van der Waals surface area contributed by atoms with Crippen molar-refractivity contribution in [1.29, 1.82) is 0 Å². The predicted octanol–water partition coefficient (Wildman–Crippen LogP) is 8.26. The quantitative estimate of drug-likeness (QED) is 0.297. The van der Waals surface area contributed by atoms with Gasteiger partial charge in [0, 0.05) is 33.9 Å². The zero-order valence-electron chi connectivity index (χ0n) is 17.8. The average molecular weight is 415 g/mol. The molecule has 0 aliphatic rings. The Balaban J connectivity index is 2.02. The van der Waals surface area contributed by atoms with E-state index in [0.29, 0.717) is 12.1 Å². The molecule has 0 bridgehead atoms. The molecule has 0 spiro atoms. The third kappa shape index (κ3) is 2.97. The second kappa shape index (κ2) is 7.41. The van der Waals surface area contributed by atoms with Gasteiger partial charge in [-0.25, -0.2) is 0 Å². The Kier molecular flexibility index (Phi) is 4.72. The van der Waals surface area contributed by atoms with E-state index in [4.69, 9.17) is 8.39 Å². The van der Waals surface area contributed by atoms with Crippen molar-refractivity contribution >= 4 is 57.8 Å². The highest BCUT2D eigenvalue weighted by atomic mass is 31.1. The summed E-state index contributed by atoms with van der Waals surface area (Å²) in [5.74, 6) is 0. The van der Waals surface area contributed by atoms with Crippen LogP contribution in [0.2, 0.25) is 0 Å². The SMILES string of the molecule is CC(C)N(c1cccc2c1ccc1o[pH]oc3ccc4ccccc4c3c12)C(C)C. The lowest BCUT2D eigenvalue weighted by Crippen LogP contribution is -2.37. The summed E-state index contributed by atoms with van der Waals surface area (Å²) < 4.78 is 12.1.